The summed E-state index contributed by atoms with van der Waals surface area (Å²) in [6, 6.07) is 0. The second-order valence-electron chi connectivity index (χ2n) is 4.05. The van der Waals surface area contributed by atoms with Crippen LogP contribution < -0.4 is 5.32 Å². The first-order valence-electron chi connectivity index (χ1n) is 4.83. The molecule has 0 unspecified atom stereocenters. The summed E-state index contributed by atoms with van der Waals surface area (Å²) in [6.07, 6.45) is 3.85. The van der Waals surface area contributed by atoms with Crippen LogP contribution in [0.3, 0.4) is 0 Å². The van der Waals surface area contributed by atoms with Crippen LogP contribution in [0.15, 0.2) is 0 Å². The minimum atomic E-state index is 0.480. The smallest absolute Gasteiger partial charge is 0.000241 e. The van der Waals surface area contributed by atoms with Crippen molar-refractivity contribution < 1.29 is 0 Å². The van der Waals surface area contributed by atoms with Crippen LogP contribution in [0.1, 0.15) is 47.0 Å². The fourth-order valence-corrected chi connectivity index (χ4v) is 0.854. The van der Waals surface area contributed by atoms with Gasteiger partial charge in [-0.25, -0.2) is 0 Å². The minimum absolute atomic E-state index is 0.480. The Morgan fingerprint density at radius 2 is 1.82 bits per heavy atom. The van der Waals surface area contributed by atoms with E-state index in [1.807, 2.05) is 0 Å². The third-order valence-electron chi connectivity index (χ3n) is 2.27. The molecule has 0 aliphatic rings. The zero-order valence-electron chi connectivity index (χ0n) is 8.54. The van der Waals surface area contributed by atoms with Gasteiger partial charge >= 0.3 is 0 Å². The summed E-state index contributed by atoms with van der Waals surface area (Å²) < 4.78 is 0. The van der Waals surface area contributed by atoms with E-state index in [1.54, 1.807) is 0 Å². The van der Waals surface area contributed by atoms with Crippen molar-refractivity contribution in [2.75, 3.05) is 13.1 Å². The first-order chi connectivity index (χ1) is 5.12. The van der Waals surface area contributed by atoms with E-state index in [0.717, 1.165) is 6.54 Å². The topological polar surface area (TPSA) is 12.0 Å². The lowest BCUT2D eigenvalue weighted by atomic mass is 9.90. The Bertz CT molecular complexity index is 86.9. The van der Waals surface area contributed by atoms with E-state index in [2.05, 4.69) is 33.0 Å². The van der Waals surface area contributed by atoms with E-state index in [-0.39, 0.29) is 0 Å². The van der Waals surface area contributed by atoms with Crippen LogP contribution >= 0.6 is 0 Å². The van der Waals surface area contributed by atoms with Gasteiger partial charge in [-0.05, 0) is 24.8 Å². The van der Waals surface area contributed by atoms with Crippen molar-refractivity contribution in [3.05, 3.63) is 0 Å². The highest BCUT2D eigenvalue weighted by Crippen LogP contribution is 2.17. The van der Waals surface area contributed by atoms with E-state index in [0.29, 0.717) is 5.41 Å². The molecule has 0 saturated carbocycles. The minimum Gasteiger partial charge on any atom is -0.316 e. The molecule has 0 aromatic heterocycles. The van der Waals surface area contributed by atoms with Crippen molar-refractivity contribution in [3.8, 4) is 0 Å². The maximum absolute atomic E-state index is 3.48. The average Bonchev–Trinajstić information content (AvgIpc) is 1.99. The van der Waals surface area contributed by atoms with Gasteiger partial charge in [-0.3, -0.25) is 0 Å². The summed E-state index contributed by atoms with van der Waals surface area (Å²) in [5, 5.41) is 3.48. The number of hydrogen-bond acceptors (Lipinski definition) is 1. The van der Waals surface area contributed by atoms with Gasteiger partial charge in [0, 0.05) is 6.54 Å². The molecule has 0 bridgehead atoms. The fraction of sp³-hybridized carbons (Fsp3) is 1.00. The molecule has 1 nitrogen and oxygen atoms in total. The van der Waals surface area contributed by atoms with Gasteiger partial charge in [0.2, 0.25) is 0 Å². The molecule has 11 heavy (non-hydrogen) atoms. The molecule has 0 atom stereocenters. The summed E-state index contributed by atoms with van der Waals surface area (Å²) in [4.78, 5) is 0. The molecule has 0 aliphatic heterocycles. The summed E-state index contributed by atoms with van der Waals surface area (Å²) in [7, 11) is 0. The van der Waals surface area contributed by atoms with Gasteiger partial charge < -0.3 is 5.32 Å². The van der Waals surface area contributed by atoms with E-state index in [1.165, 1.54) is 25.8 Å². The van der Waals surface area contributed by atoms with Crippen molar-refractivity contribution in [2.24, 2.45) is 5.41 Å². The second kappa shape index (κ2) is 5.59. The highest BCUT2D eigenvalue weighted by molar-refractivity contribution is 4.68. The van der Waals surface area contributed by atoms with Gasteiger partial charge in [-0.15, -0.1) is 0 Å². The molecule has 0 rings (SSSR count). The standard InChI is InChI=1S/C10H23N/c1-5-7-8-11-9-10(3,4)6-2/h11H,5-9H2,1-4H3. The molecule has 0 saturated heterocycles. The van der Waals surface area contributed by atoms with Gasteiger partial charge in [-0.2, -0.15) is 0 Å². The normalized spacial score (nSPS) is 12.0. The summed E-state index contributed by atoms with van der Waals surface area (Å²) in [6.45, 7) is 11.4. The molecule has 0 fully saturated rings. The fourth-order valence-electron chi connectivity index (χ4n) is 0.854. The van der Waals surface area contributed by atoms with Crippen LogP contribution in [-0.2, 0) is 0 Å². The Hall–Kier alpha value is -0.0400. The van der Waals surface area contributed by atoms with E-state index >= 15 is 0 Å². The lowest BCUT2D eigenvalue weighted by molar-refractivity contribution is 0.328. The van der Waals surface area contributed by atoms with Gasteiger partial charge in [0.25, 0.3) is 0 Å². The predicted molar refractivity (Wildman–Crippen MR) is 51.8 cm³/mol. The first kappa shape index (κ1) is 11.0. The summed E-state index contributed by atoms with van der Waals surface area (Å²) >= 11 is 0. The van der Waals surface area contributed by atoms with E-state index in [4.69, 9.17) is 0 Å². The van der Waals surface area contributed by atoms with Crippen molar-refractivity contribution in [2.45, 2.75) is 47.0 Å². The zero-order chi connectivity index (χ0) is 8.74. The molecular formula is C10H23N. The van der Waals surface area contributed by atoms with Gasteiger partial charge in [0.05, 0.1) is 0 Å². The number of rotatable bonds is 6. The molecule has 1 heteroatoms. The average molecular weight is 157 g/mol. The highest BCUT2D eigenvalue weighted by atomic mass is 14.9. The third kappa shape index (κ3) is 6.36. The number of unbranched alkanes of at least 4 members (excludes halogenated alkanes) is 1. The molecule has 1 N–H and O–H groups in total. The highest BCUT2D eigenvalue weighted by Gasteiger charge is 2.13. The molecule has 0 heterocycles. The quantitative estimate of drug-likeness (QED) is 0.585. The van der Waals surface area contributed by atoms with Crippen LogP contribution in [0, 0.1) is 5.41 Å². The van der Waals surface area contributed by atoms with Crippen LogP contribution in [-0.4, -0.2) is 13.1 Å². The molecule has 0 amide bonds. The monoisotopic (exact) mass is 157 g/mol. The van der Waals surface area contributed by atoms with Crippen molar-refractivity contribution in [1.29, 1.82) is 0 Å². The predicted octanol–water partition coefficient (Wildman–Crippen LogP) is 2.81. The van der Waals surface area contributed by atoms with Crippen molar-refractivity contribution in [1.82, 2.24) is 5.32 Å². The largest absolute Gasteiger partial charge is 0.316 e. The van der Waals surface area contributed by atoms with E-state index < -0.39 is 0 Å². The Kier molecular flexibility index (Phi) is 5.57. The van der Waals surface area contributed by atoms with Crippen LogP contribution in [0.5, 0.6) is 0 Å². The molecule has 68 valence electrons. The lowest BCUT2D eigenvalue weighted by Gasteiger charge is -2.22. The Balaban J connectivity index is 3.23. The molecule has 0 spiro atoms. The van der Waals surface area contributed by atoms with E-state index in [9.17, 15) is 0 Å². The third-order valence-corrected chi connectivity index (χ3v) is 2.27. The molecule has 0 aromatic carbocycles. The Morgan fingerprint density at radius 3 is 2.27 bits per heavy atom. The second-order valence-corrected chi connectivity index (χ2v) is 4.05. The van der Waals surface area contributed by atoms with Crippen molar-refractivity contribution >= 4 is 0 Å². The zero-order valence-corrected chi connectivity index (χ0v) is 8.54. The molecular weight excluding hydrogens is 134 g/mol. The molecule has 0 aliphatic carbocycles. The molecule has 0 aromatic rings. The summed E-state index contributed by atoms with van der Waals surface area (Å²) in [5.41, 5.74) is 0.480. The molecule has 0 radical (unpaired) electrons. The maximum Gasteiger partial charge on any atom is 0.000241 e. The van der Waals surface area contributed by atoms with Crippen LogP contribution in [0.25, 0.3) is 0 Å². The van der Waals surface area contributed by atoms with Crippen LogP contribution in [0.2, 0.25) is 0 Å². The number of hydrogen-bond donors (Lipinski definition) is 1. The van der Waals surface area contributed by atoms with Gasteiger partial charge in [-0.1, -0.05) is 34.1 Å². The van der Waals surface area contributed by atoms with Crippen LogP contribution in [0.4, 0.5) is 0 Å². The van der Waals surface area contributed by atoms with Gasteiger partial charge in [0.1, 0.15) is 0 Å². The SMILES string of the molecule is CCCCNCC(C)(C)CC. The Labute approximate surface area is 71.6 Å². The number of nitrogens with one attached hydrogen (secondary N) is 1. The van der Waals surface area contributed by atoms with Gasteiger partial charge in [0.15, 0.2) is 0 Å². The maximum atomic E-state index is 3.48. The van der Waals surface area contributed by atoms with Crippen molar-refractivity contribution in [3.63, 3.8) is 0 Å². The Morgan fingerprint density at radius 1 is 1.18 bits per heavy atom. The first-order valence-corrected chi connectivity index (χ1v) is 4.83. The lowest BCUT2D eigenvalue weighted by Crippen LogP contribution is -2.29. The summed E-state index contributed by atoms with van der Waals surface area (Å²) in [5.74, 6) is 0.